The molecule has 94 valence electrons. The predicted molar refractivity (Wildman–Crippen MR) is 69.7 cm³/mol. The van der Waals surface area contributed by atoms with Crippen molar-refractivity contribution in [3.05, 3.63) is 28.3 Å². The first-order chi connectivity index (χ1) is 8.20. The number of aliphatic hydroxyl groups excluding tert-OH is 1. The highest BCUT2D eigenvalue weighted by molar-refractivity contribution is 7.99. The Kier molecular flexibility index (Phi) is 5.79. The van der Waals surface area contributed by atoms with Crippen molar-refractivity contribution in [3.8, 4) is 0 Å². The predicted octanol–water partition coefficient (Wildman–Crippen LogP) is 2.50. The molecule has 0 bridgehead atoms. The summed E-state index contributed by atoms with van der Waals surface area (Å²) in [5.41, 5.74) is 0.638. The third-order valence-electron chi connectivity index (χ3n) is 2.10. The topological polar surface area (TPSA) is 75.4 Å². The fourth-order valence-corrected chi connectivity index (χ4v) is 2.19. The van der Waals surface area contributed by atoms with Crippen LogP contribution in [0.1, 0.15) is 13.3 Å². The van der Waals surface area contributed by atoms with Gasteiger partial charge in [-0.15, -0.1) is 11.8 Å². The van der Waals surface area contributed by atoms with Crippen molar-refractivity contribution in [2.24, 2.45) is 0 Å². The minimum Gasteiger partial charge on any atom is -0.396 e. The number of nitro groups is 1. The van der Waals surface area contributed by atoms with Crippen LogP contribution in [0, 0.1) is 10.1 Å². The first kappa shape index (κ1) is 13.8. The van der Waals surface area contributed by atoms with E-state index in [2.05, 4.69) is 5.32 Å². The van der Waals surface area contributed by atoms with E-state index in [9.17, 15) is 10.1 Å². The van der Waals surface area contributed by atoms with E-state index in [1.165, 1.54) is 11.8 Å². The molecule has 0 amide bonds. The molecular weight excluding hydrogens is 240 g/mol. The first-order valence-corrected chi connectivity index (χ1v) is 6.44. The number of rotatable bonds is 7. The van der Waals surface area contributed by atoms with Gasteiger partial charge >= 0.3 is 5.69 Å². The van der Waals surface area contributed by atoms with Gasteiger partial charge in [0.1, 0.15) is 5.69 Å². The molecule has 0 aliphatic rings. The van der Waals surface area contributed by atoms with Crippen LogP contribution in [-0.2, 0) is 0 Å². The zero-order valence-electron chi connectivity index (χ0n) is 9.68. The largest absolute Gasteiger partial charge is 0.396 e. The van der Waals surface area contributed by atoms with E-state index in [1.54, 1.807) is 18.2 Å². The maximum atomic E-state index is 11.1. The molecular formula is C11H16N2O3S. The van der Waals surface area contributed by atoms with E-state index >= 15 is 0 Å². The highest BCUT2D eigenvalue weighted by Crippen LogP contribution is 2.35. The van der Waals surface area contributed by atoms with E-state index in [4.69, 9.17) is 5.11 Å². The maximum Gasteiger partial charge on any atom is 0.305 e. The molecule has 0 saturated heterocycles. The van der Waals surface area contributed by atoms with Crippen LogP contribution in [0.3, 0.4) is 0 Å². The Bertz CT molecular complexity index is 359. The van der Waals surface area contributed by atoms with E-state index in [0.717, 1.165) is 6.42 Å². The second-order valence-corrected chi connectivity index (χ2v) is 4.55. The zero-order valence-corrected chi connectivity index (χ0v) is 10.5. The molecule has 6 heteroatoms. The molecule has 0 saturated carbocycles. The molecule has 0 radical (unpaired) electrons. The molecule has 1 aromatic rings. The fraction of sp³-hybridized carbons (Fsp3) is 0.455. The normalized spacial score (nSPS) is 10.2. The van der Waals surface area contributed by atoms with Crippen LogP contribution in [0.2, 0.25) is 0 Å². The molecule has 0 aliphatic carbocycles. The Hall–Kier alpha value is -1.27. The lowest BCUT2D eigenvalue weighted by molar-refractivity contribution is -0.386. The summed E-state index contributed by atoms with van der Waals surface area (Å²) in [4.78, 5) is 11.3. The van der Waals surface area contributed by atoms with Crippen LogP contribution in [0.15, 0.2) is 23.1 Å². The Labute approximate surface area is 104 Å². The Morgan fingerprint density at radius 2 is 2.29 bits per heavy atom. The summed E-state index contributed by atoms with van der Waals surface area (Å²) in [6.07, 6.45) is 0.908. The number of thioether (sulfide) groups is 1. The van der Waals surface area contributed by atoms with Crippen LogP contribution in [-0.4, -0.2) is 28.9 Å². The van der Waals surface area contributed by atoms with E-state index in [-0.39, 0.29) is 17.2 Å². The number of nitro benzene ring substituents is 1. The van der Waals surface area contributed by atoms with Gasteiger partial charge in [-0.05, 0) is 18.6 Å². The van der Waals surface area contributed by atoms with Crippen molar-refractivity contribution < 1.29 is 10.0 Å². The second kappa shape index (κ2) is 7.13. The van der Waals surface area contributed by atoms with Gasteiger partial charge in [0.25, 0.3) is 0 Å². The van der Waals surface area contributed by atoms with Gasteiger partial charge in [0.05, 0.1) is 16.4 Å². The van der Waals surface area contributed by atoms with Crippen molar-refractivity contribution >= 4 is 23.1 Å². The van der Waals surface area contributed by atoms with Crippen molar-refractivity contribution in [2.45, 2.75) is 18.2 Å². The summed E-state index contributed by atoms with van der Waals surface area (Å²) < 4.78 is 0. The van der Waals surface area contributed by atoms with Crippen molar-refractivity contribution in [1.82, 2.24) is 0 Å². The molecule has 1 aromatic carbocycles. The highest BCUT2D eigenvalue weighted by atomic mass is 32.2. The minimum atomic E-state index is -0.377. The van der Waals surface area contributed by atoms with Gasteiger partial charge in [0.15, 0.2) is 0 Å². The summed E-state index contributed by atoms with van der Waals surface area (Å²) in [6, 6.07) is 5.19. The molecule has 0 aromatic heterocycles. The zero-order chi connectivity index (χ0) is 12.7. The van der Waals surface area contributed by atoms with Crippen LogP contribution >= 0.6 is 11.8 Å². The molecule has 0 fully saturated rings. The van der Waals surface area contributed by atoms with Gasteiger partial charge in [-0.3, -0.25) is 10.1 Å². The number of hydrogen-bond acceptors (Lipinski definition) is 5. The monoisotopic (exact) mass is 256 g/mol. The third-order valence-corrected chi connectivity index (χ3v) is 3.12. The third kappa shape index (κ3) is 3.90. The number of hydrogen-bond donors (Lipinski definition) is 2. The molecule has 0 unspecified atom stereocenters. The molecule has 17 heavy (non-hydrogen) atoms. The van der Waals surface area contributed by atoms with Gasteiger partial charge in [-0.1, -0.05) is 13.0 Å². The Balaban J connectivity index is 2.99. The van der Waals surface area contributed by atoms with Gasteiger partial charge in [0, 0.05) is 12.3 Å². The Morgan fingerprint density at radius 1 is 1.53 bits per heavy atom. The standard InChI is InChI=1S/C11H16N2O3S/c1-2-6-12-9-4-3-5-10(17-8-7-14)11(9)13(15)16/h3-5,12,14H,2,6-8H2,1H3. The van der Waals surface area contributed by atoms with Gasteiger partial charge in [0.2, 0.25) is 0 Å². The molecule has 1 rings (SSSR count). The smallest absolute Gasteiger partial charge is 0.305 e. The first-order valence-electron chi connectivity index (χ1n) is 5.45. The van der Waals surface area contributed by atoms with Crippen molar-refractivity contribution in [1.29, 1.82) is 0 Å². The van der Waals surface area contributed by atoms with E-state index < -0.39 is 0 Å². The quantitative estimate of drug-likeness (QED) is 0.445. The molecule has 2 N–H and O–H groups in total. The molecule has 0 heterocycles. The van der Waals surface area contributed by atoms with E-state index in [1.807, 2.05) is 6.92 Å². The maximum absolute atomic E-state index is 11.1. The molecule has 0 aliphatic heterocycles. The van der Waals surface area contributed by atoms with E-state index in [0.29, 0.717) is 22.9 Å². The Morgan fingerprint density at radius 3 is 2.88 bits per heavy atom. The van der Waals surface area contributed by atoms with Crippen LogP contribution in [0.5, 0.6) is 0 Å². The summed E-state index contributed by atoms with van der Waals surface area (Å²) in [5, 5.41) is 22.9. The SMILES string of the molecule is CCCNc1cccc(SCCO)c1[N+](=O)[O-]. The van der Waals surface area contributed by atoms with Gasteiger partial charge in [-0.25, -0.2) is 0 Å². The lowest BCUT2D eigenvalue weighted by Crippen LogP contribution is -2.04. The summed E-state index contributed by atoms with van der Waals surface area (Å²) in [5.74, 6) is 0.456. The molecule has 5 nitrogen and oxygen atoms in total. The minimum absolute atomic E-state index is 0.00837. The number of nitrogens with one attached hydrogen (secondary N) is 1. The summed E-state index contributed by atoms with van der Waals surface area (Å²) >= 11 is 1.29. The molecule has 0 atom stereocenters. The van der Waals surface area contributed by atoms with Crippen LogP contribution < -0.4 is 5.32 Å². The number of aliphatic hydroxyl groups is 1. The number of anilines is 1. The second-order valence-electron chi connectivity index (χ2n) is 3.41. The van der Waals surface area contributed by atoms with Gasteiger partial charge in [-0.2, -0.15) is 0 Å². The van der Waals surface area contributed by atoms with Crippen LogP contribution in [0.25, 0.3) is 0 Å². The lowest BCUT2D eigenvalue weighted by atomic mass is 10.2. The lowest BCUT2D eigenvalue weighted by Gasteiger charge is -2.08. The summed E-state index contributed by atoms with van der Waals surface area (Å²) in [7, 11) is 0. The van der Waals surface area contributed by atoms with Crippen molar-refractivity contribution in [3.63, 3.8) is 0 Å². The average Bonchev–Trinajstić information content (AvgIpc) is 2.33. The number of benzene rings is 1. The fourth-order valence-electron chi connectivity index (χ4n) is 1.39. The number of para-hydroxylation sites is 1. The highest BCUT2D eigenvalue weighted by Gasteiger charge is 2.19. The van der Waals surface area contributed by atoms with Crippen LogP contribution in [0.4, 0.5) is 11.4 Å². The van der Waals surface area contributed by atoms with Gasteiger partial charge < -0.3 is 10.4 Å². The molecule has 0 spiro atoms. The number of nitrogens with zero attached hydrogens (tertiary/aromatic N) is 1. The average molecular weight is 256 g/mol. The summed E-state index contributed by atoms with van der Waals surface area (Å²) in [6.45, 7) is 2.71. The van der Waals surface area contributed by atoms with Crippen molar-refractivity contribution in [2.75, 3.05) is 24.2 Å².